The number of aromatic nitrogens is 3. The first-order valence-corrected chi connectivity index (χ1v) is 7.55. The summed E-state index contributed by atoms with van der Waals surface area (Å²) in [6.45, 7) is 2.85. The van der Waals surface area contributed by atoms with E-state index < -0.39 is 0 Å². The highest BCUT2D eigenvalue weighted by Crippen LogP contribution is 2.23. The van der Waals surface area contributed by atoms with E-state index in [1.54, 1.807) is 10.7 Å². The molecule has 2 aromatic rings. The first-order chi connectivity index (χ1) is 9.11. The van der Waals surface area contributed by atoms with E-state index in [0.29, 0.717) is 11.4 Å². The first-order valence-electron chi connectivity index (χ1n) is 5.96. The van der Waals surface area contributed by atoms with Gasteiger partial charge in [0, 0.05) is 21.1 Å². The van der Waals surface area contributed by atoms with Gasteiger partial charge in [-0.3, -0.25) is 4.79 Å². The molecule has 0 saturated heterocycles. The van der Waals surface area contributed by atoms with Crippen molar-refractivity contribution in [1.29, 1.82) is 0 Å². The summed E-state index contributed by atoms with van der Waals surface area (Å²) in [6, 6.07) is 5.52. The number of carbonyl (C=O) groups is 1. The molecule has 2 rings (SSSR count). The second kappa shape index (κ2) is 6.43. The SMILES string of the molecule is CCCn1ncnc1CC(=O)c1ccc(Br)cc1Br. The fourth-order valence-electron chi connectivity index (χ4n) is 1.78. The average molecular weight is 387 g/mol. The Bertz CT molecular complexity index is 595. The van der Waals surface area contributed by atoms with Crippen molar-refractivity contribution in [2.24, 2.45) is 0 Å². The van der Waals surface area contributed by atoms with Gasteiger partial charge in [-0.25, -0.2) is 9.67 Å². The summed E-state index contributed by atoms with van der Waals surface area (Å²) < 4.78 is 3.50. The molecule has 1 heterocycles. The zero-order chi connectivity index (χ0) is 13.8. The van der Waals surface area contributed by atoms with Crippen molar-refractivity contribution in [3.63, 3.8) is 0 Å². The predicted octanol–water partition coefficient (Wildman–Crippen LogP) is 3.64. The van der Waals surface area contributed by atoms with E-state index >= 15 is 0 Å². The number of nitrogens with zero attached hydrogens (tertiary/aromatic N) is 3. The standard InChI is InChI=1S/C13H13Br2N3O/c1-2-5-18-13(16-8-17-18)7-12(19)10-4-3-9(14)6-11(10)15/h3-4,6,8H,2,5,7H2,1H3. The fourth-order valence-corrected chi connectivity index (χ4v) is 3.05. The molecular weight excluding hydrogens is 374 g/mol. The monoisotopic (exact) mass is 385 g/mol. The van der Waals surface area contributed by atoms with Crippen molar-refractivity contribution in [1.82, 2.24) is 14.8 Å². The fraction of sp³-hybridized carbons (Fsp3) is 0.308. The largest absolute Gasteiger partial charge is 0.294 e. The zero-order valence-electron chi connectivity index (χ0n) is 10.4. The second-order valence-electron chi connectivity index (χ2n) is 4.12. The molecule has 0 spiro atoms. The number of benzene rings is 1. The highest BCUT2D eigenvalue weighted by molar-refractivity contribution is 9.11. The van der Waals surface area contributed by atoms with E-state index in [-0.39, 0.29) is 12.2 Å². The molecule has 0 N–H and O–H groups in total. The summed E-state index contributed by atoms with van der Waals surface area (Å²) in [5, 5.41) is 4.12. The van der Waals surface area contributed by atoms with E-state index in [2.05, 4.69) is 48.9 Å². The van der Waals surface area contributed by atoms with Gasteiger partial charge >= 0.3 is 0 Å². The summed E-state index contributed by atoms with van der Waals surface area (Å²) in [4.78, 5) is 16.4. The molecule has 0 amide bonds. The Balaban J connectivity index is 2.18. The molecule has 100 valence electrons. The highest BCUT2D eigenvalue weighted by atomic mass is 79.9. The van der Waals surface area contributed by atoms with Crippen LogP contribution >= 0.6 is 31.9 Å². The molecule has 0 radical (unpaired) electrons. The summed E-state index contributed by atoms with van der Waals surface area (Å²) in [5.74, 6) is 0.742. The van der Waals surface area contributed by atoms with Crippen LogP contribution in [0.15, 0.2) is 33.5 Å². The zero-order valence-corrected chi connectivity index (χ0v) is 13.6. The molecule has 0 aliphatic heterocycles. The third-order valence-corrected chi connectivity index (χ3v) is 3.83. The molecule has 19 heavy (non-hydrogen) atoms. The van der Waals surface area contributed by atoms with Crippen molar-refractivity contribution in [3.05, 3.63) is 44.9 Å². The molecule has 0 unspecified atom stereocenters. The topological polar surface area (TPSA) is 47.8 Å². The van der Waals surface area contributed by atoms with E-state index in [1.165, 1.54) is 6.33 Å². The van der Waals surface area contributed by atoms with Crippen molar-refractivity contribution >= 4 is 37.6 Å². The summed E-state index contributed by atoms with van der Waals surface area (Å²) in [5.41, 5.74) is 0.661. The van der Waals surface area contributed by atoms with Crippen LogP contribution in [0.2, 0.25) is 0 Å². The molecule has 1 aromatic heterocycles. The minimum atomic E-state index is 0.0322. The molecule has 0 fully saturated rings. The maximum atomic E-state index is 12.3. The van der Waals surface area contributed by atoms with Crippen LogP contribution in [0.25, 0.3) is 0 Å². The first kappa shape index (κ1) is 14.4. The summed E-state index contributed by atoms with van der Waals surface area (Å²) >= 11 is 6.78. The number of hydrogen-bond donors (Lipinski definition) is 0. The van der Waals surface area contributed by atoms with Crippen LogP contribution in [-0.4, -0.2) is 20.5 Å². The van der Waals surface area contributed by atoms with E-state index in [0.717, 1.165) is 21.9 Å². The molecule has 1 aromatic carbocycles. The van der Waals surface area contributed by atoms with Gasteiger partial charge < -0.3 is 0 Å². The lowest BCUT2D eigenvalue weighted by Crippen LogP contribution is -2.12. The Morgan fingerprint density at radius 2 is 2.16 bits per heavy atom. The lowest BCUT2D eigenvalue weighted by Gasteiger charge is -2.06. The van der Waals surface area contributed by atoms with Crippen molar-refractivity contribution < 1.29 is 4.79 Å². The number of hydrogen-bond acceptors (Lipinski definition) is 3. The molecule has 0 aliphatic carbocycles. The van der Waals surface area contributed by atoms with Crippen LogP contribution in [0.4, 0.5) is 0 Å². The van der Waals surface area contributed by atoms with Crippen molar-refractivity contribution in [2.75, 3.05) is 0 Å². The van der Waals surface area contributed by atoms with Crippen molar-refractivity contribution in [2.45, 2.75) is 26.3 Å². The maximum Gasteiger partial charge on any atom is 0.171 e. The third kappa shape index (κ3) is 3.51. The number of rotatable bonds is 5. The van der Waals surface area contributed by atoms with Crippen LogP contribution in [0.1, 0.15) is 29.5 Å². The third-order valence-electron chi connectivity index (χ3n) is 2.68. The van der Waals surface area contributed by atoms with Gasteiger partial charge in [0.2, 0.25) is 0 Å². The number of halogens is 2. The van der Waals surface area contributed by atoms with Gasteiger partial charge in [0.05, 0.1) is 6.42 Å². The van der Waals surface area contributed by atoms with Gasteiger partial charge in [0.15, 0.2) is 5.78 Å². The molecule has 0 bridgehead atoms. The Morgan fingerprint density at radius 1 is 1.37 bits per heavy atom. The van der Waals surface area contributed by atoms with Crippen LogP contribution in [0.5, 0.6) is 0 Å². The lowest BCUT2D eigenvalue weighted by molar-refractivity contribution is 0.0988. The lowest BCUT2D eigenvalue weighted by atomic mass is 10.1. The van der Waals surface area contributed by atoms with Crippen LogP contribution in [0.3, 0.4) is 0 Å². The minimum Gasteiger partial charge on any atom is -0.294 e. The number of carbonyl (C=O) groups excluding carboxylic acids is 1. The van der Waals surface area contributed by atoms with E-state index in [1.807, 2.05) is 12.1 Å². The molecule has 6 heteroatoms. The number of aryl methyl sites for hydroxylation is 1. The quantitative estimate of drug-likeness (QED) is 0.737. The Labute approximate surface area is 128 Å². The Hall–Kier alpha value is -1.01. The summed E-state index contributed by atoms with van der Waals surface area (Å²) in [7, 11) is 0. The maximum absolute atomic E-state index is 12.3. The van der Waals surface area contributed by atoms with Gasteiger partial charge in [0.25, 0.3) is 0 Å². The molecule has 0 saturated carbocycles. The highest BCUT2D eigenvalue weighted by Gasteiger charge is 2.14. The normalized spacial score (nSPS) is 10.7. The molecule has 0 aliphatic rings. The van der Waals surface area contributed by atoms with Crippen LogP contribution < -0.4 is 0 Å². The number of ketones is 1. The molecular formula is C13H13Br2N3O. The van der Waals surface area contributed by atoms with Gasteiger partial charge in [-0.1, -0.05) is 38.8 Å². The predicted molar refractivity (Wildman–Crippen MR) is 80.2 cm³/mol. The molecule has 0 atom stereocenters. The van der Waals surface area contributed by atoms with Gasteiger partial charge in [-0.15, -0.1) is 0 Å². The van der Waals surface area contributed by atoms with Crippen LogP contribution in [-0.2, 0) is 13.0 Å². The average Bonchev–Trinajstić information content (AvgIpc) is 2.77. The molecule has 4 nitrogen and oxygen atoms in total. The Morgan fingerprint density at radius 3 is 2.84 bits per heavy atom. The van der Waals surface area contributed by atoms with E-state index in [4.69, 9.17) is 0 Å². The Kier molecular flexibility index (Phi) is 4.87. The van der Waals surface area contributed by atoms with Gasteiger partial charge in [-0.05, 0) is 24.6 Å². The van der Waals surface area contributed by atoms with Gasteiger partial charge in [-0.2, -0.15) is 5.10 Å². The van der Waals surface area contributed by atoms with Crippen LogP contribution in [0, 0.1) is 0 Å². The van der Waals surface area contributed by atoms with Crippen molar-refractivity contribution in [3.8, 4) is 0 Å². The van der Waals surface area contributed by atoms with E-state index in [9.17, 15) is 4.79 Å². The summed E-state index contributed by atoms with van der Waals surface area (Å²) in [6.07, 6.45) is 2.72. The minimum absolute atomic E-state index is 0.0322. The van der Waals surface area contributed by atoms with Gasteiger partial charge in [0.1, 0.15) is 12.2 Å². The second-order valence-corrected chi connectivity index (χ2v) is 5.89. The smallest absolute Gasteiger partial charge is 0.171 e. The number of Topliss-reactive ketones (excluding diaryl/α,β-unsaturated/α-hetero) is 1.